The summed E-state index contributed by atoms with van der Waals surface area (Å²) in [7, 11) is -4.22. The van der Waals surface area contributed by atoms with Crippen molar-refractivity contribution in [3.8, 4) is 0 Å². The Morgan fingerprint density at radius 3 is 2.57 bits per heavy atom. The zero-order valence-corrected chi connectivity index (χ0v) is 13.7. The molecule has 0 unspecified atom stereocenters. The Bertz CT molecular complexity index is 662. The Hall–Kier alpha value is -1.32. The molecule has 0 atom stereocenters. The molecule has 5 nitrogen and oxygen atoms in total. The van der Waals surface area contributed by atoms with E-state index in [9.17, 15) is 26.4 Å². The first-order valence-corrected chi connectivity index (χ1v) is 8.46. The number of carbonyl (C=O) groups is 1. The minimum Gasteiger partial charge on any atom is -0.466 e. The fourth-order valence-corrected chi connectivity index (χ4v) is 3.23. The van der Waals surface area contributed by atoms with Gasteiger partial charge in [0.2, 0.25) is 10.0 Å². The number of benzene rings is 1. The quantitative estimate of drug-likeness (QED) is 0.589. The second-order valence-electron chi connectivity index (χ2n) is 4.45. The van der Waals surface area contributed by atoms with E-state index < -0.39 is 32.6 Å². The molecule has 10 heteroatoms. The van der Waals surface area contributed by atoms with Crippen LogP contribution < -0.4 is 4.72 Å². The number of halogens is 4. The van der Waals surface area contributed by atoms with Gasteiger partial charge in [0.1, 0.15) is 4.90 Å². The molecule has 1 rings (SSSR count). The third-order valence-corrected chi connectivity index (χ3v) is 4.65. The van der Waals surface area contributed by atoms with Crippen LogP contribution in [-0.2, 0) is 25.7 Å². The van der Waals surface area contributed by atoms with Gasteiger partial charge >= 0.3 is 12.1 Å². The minimum absolute atomic E-state index is 0.00726. The highest BCUT2D eigenvalue weighted by atomic mass is 35.5. The van der Waals surface area contributed by atoms with Crippen molar-refractivity contribution in [3.63, 3.8) is 0 Å². The van der Waals surface area contributed by atoms with Crippen molar-refractivity contribution < 1.29 is 31.1 Å². The van der Waals surface area contributed by atoms with Crippen LogP contribution in [-0.4, -0.2) is 27.5 Å². The number of hydrogen-bond donors (Lipinski definition) is 1. The predicted molar refractivity (Wildman–Crippen MR) is 77.5 cm³/mol. The standard InChI is InChI=1S/C13H15ClF3NO4S/c1-2-22-12(19)4-3-7-18-23(20,21)11-8-9(13(15,16)17)5-6-10(11)14/h5-6,8,18H,2-4,7H2,1H3. The molecule has 0 bridgehead atoms. The summed E-state index contributed by atoms with van der Waals surface area (Å²) >= 11 is 5.67. The number of esters is 1. The van der Waals surface area contributed by atoms with Crippen LogP contribution in [0.2, 0.25) is 5.02 Å². The van der Waals surface area contributed by atoms with Gasteiger partial charge in [-0.3, -0.25) is 4.79 Å². The number of sulfonamides is 1. The molecule has 130 valence electrons. The first-order chi connectivity index (χ1) is 10.6. The van der Waals surface area contributed by atoms with Gasteiger partial charge in [-0.2, -0.15) is 13.2 Å². The second-order valence-corrected chi connectivity index (χ2v) is 6.59. The number of carbonyl (C=O) groups excluding carboxylic acids is 1. The van der Waals surface area contributed by atoms with E-state index in [1.165, 1.54) is 0 Å². The Balaban J connectivity index is 2.78. The SMILES string of the molecule is CCOC(=O)CCCNS(=O)(=O)c1cc(C(F)(F)F)ccc1Cl. The van der Waals surface area contributed by atoms with Crippen LogP contribution in [0.1, 0.15) is 25.3 Å². The minimum atomic E-state index is -4.68. The topological polar surface area (TPSA) is 72.5 Å². The average Bonchev–Trinajstić information content (AvgIpc) is 2.43. The van der Waals surface area contributed by atoms with Crippen LogP contribution >= 0.6 is 11.6 Å². The zero-order chi connectivity index (χ0) is 17.7. The summed E-state index contributed by atoms with van der Waals surface area (Å²) in [6.45, 7) is 1.72. The first kappa shape index (κ1) is 19.7. The van der Waals surface area contributed by atoms with E-state index in [0.29, 0.717) is 12.1 Å². The number of nitrogens with one attached hydrogen (secondary N) is 1. The molecule has 0 spiro atoms. The molecular formula is C13H15ClF3NO4S. The average molecular weight is 374 g/mol. The normalized spacial score (nSPS) is 12.2. The molecule has 23 heavy (non-hydrogen) atoms. The van der Waals surface area contributed by atoms with Crippen LogP contribution in [0.15, 0.2) is 23.1 Å². The lowest BCUT2D eigenvalue weighted by Gasteiger charge is -2.12. The molecule has 0 amide bonds. The van der Waals surface area contributed by atoms with Gasteiger partial charge in [0, 0.05) is 13.0 Å². The zero-order valence-electron chi connectivity index (χ0n) is 12.1. The van der Waals surface area contributed by atoms with Crippen LogP contribution in [0, 0.1) is 0 Å². The summed E-state index contributed by atoms with van der Waals surface area (Å²) in [4.78, 5) is 10.4. The van der Waals surface area contributed by atoms with Crippen molar-refractivity contribution in [3.05, 3.63) is 28.8 Å². The summed E-state index contributed by atoms with van der Waals surface area (Å²) in [5.74, 6) is -0.483. The van der Waals surface area contributed by atoms with Crippen LogP contribution in [0.3, 0.4) is 0 Å². The van der Waals surface area contributed by atoms with Crippen molar-refractivity contribution in [2.45, 2.75) is 30.8 Å². The van der Waals surface area contributed by atoms with Gasteiger partial charge in [-0.05, 0) is 31.5 Å². The van der Waals surface area contributed by atoms with Gasteiger partial charge in [-0.1, -0.05) is 11.6 Å². The van der Waals surface area contributed by atoms with Crippen LogP contribution in [0.4, 0.5) is 13.2 Å². The molecule has 0 aliphatic rings. The molecule has 1 aromatic rings. The fourth-order valence-electron chi connectivity index (χ4n) is 1.64. The molecule has 1 aromatic carbocycles. The van der Waals surface area contributed by atoms with Crippen molar-refractivity contribution in [2.24, 2.45) is 0 Å². The van der Waals surface area contributed by atoms with Crippen molar-refractivity contribution >= 4 is 27.6 Å². The summed E-state index contributed by atoms with van der Waals surface area (Å²) in [5, 5.41) is -0.323. The molecule has 0 saturated carbocycles. The van der Waals surface area contributed by atoms with E-state index in [2.05, 4.69) is 9.46 Å². The van der Waals surface area contributed by atoms with Gasteiger partial charge in [0.15, 0.2) is 0 Å². The summed E-state index contributed by atoms with van der Waals surface area (Å²) in [6, 6.07) is 2.04. The number of hydrogen-bond acceptors (Lipinski definition) is 4. The van der Waals surface area contributed by atoms with Crippen molar-refractivity contribution in [2.75, 3.05) is 13.2 Å². The highest BCUT2D eigenvalue weighted by Gasteiger charge is 2.32. The van der Waals surface area contributed by atoms with Crippen molar-refractivity contribution in [1.29, 1.82) is 0 Å². The summed E-state index contributed by atoms with van der Waals surface area (Å²) in [6.07, 6.45) is -4.54. The lowest BCUT2D eigenvalue weighted by molar-refractivity contribution is -0.143. The highest BCUT2D eigenvalue weighted by Crippen LogP contribution is 2.33. The molecule has 0 saturated heterocycles. The first-order valence-electron chi connectivity index (χ1n) is 6.60. The maximum Gasteiger partial charge on any atom is 0.416 e. The predicted octanol–water partition coefficient (Wildman–Crippen LogP) is 2.98. The molecule has 0 aliphatic heterocycles. The smallest absolute Gasteiger partial charge is 0.416 e. The molecule has 0 aliphatic carbocycles. The van der Waals surface area contributed by atoms with Gasteiger partial charge in [-0.25, -0.2) is 13.1 Å². The molecule has 1 N–H and O–H groups in total. The highest BCUT2D eigenvalue weighted by molar-refractivity contribution is 7.89. The third kappa shape index (κ3) is 6.00. The van der Waals surface area contributed by atoms with E-state index in [1.807, 2.05) is 0 Å². The van der Waals surface area contributed by atoms with E-state index in [0.717, 1.165) is 6.07 Å². The van der Waals surface area contributed by atoms with E-state index in [4.69, 9.17) is 11.6 Å². The van der Waals surface area contributed by atoms with E-state index in [-0.39, 0.29) is 31.0 Å². The maximum atomic E-state index is 12.6. The Labute approximate surface area is 136 Å². The molecule has 0 fully saturated rings. The van der Waals surface area contributed by atoms with Gasteiger partial charge < -0.3 is 4.74 Å². The van der Waals surface area contributed by atoms with Gasteiger partial charge in [-0.15, -0.1) is 0 Å². The summed E-state index contributed by atoms with van der Waals surface area (Å²) < 4.78 is 68.8. The molecule has 0 heterocycles. The largest absolute Gasteiger partial charge is 0.466 e. The van der Waals surface area contributed by atoms with Crippen LogP contribution in [0.5, 0.6) is 0 Å². The number of alkyl halides is 3. The lowest BCUT2D eigenvalue weighted by Crippen LogP contribution is -2.26. The number of ether oxygens (including phenoxy) is 1. The Morgan fingerprint density at radius 2 is 2.00 bits per heavy atom. The van der Waals surface area contributed by atoms with Crippen LogP contribution in [0.25, 0.3) is 0 Å². The van der Waals surface area contributed by atoms with Gasteiger partial charge in [0.05, 0.1) is 17.2 Å². The Kier molecular flexibility index (Phi) is 6.84. The molecule has 0 radical (unpaired) electrons. The van der Waals surface area contributed by atoms with E-state index >= 15 is 0 Å². The third-order valence-electron chi connectivity index (χ3n) is 2.70. The Morgan fingerprint density at radius 1 is 1.35 bits per heavy atom. The maximum absolute atomic E-state index is 12.6. The monoisotopic (exact) mass is 373 g/mol. The molecular weight excluding hydrogens is 359 g/mol. The fraction of sp³-hybridized carbons (Fsp3) is 0.462. The summed E-state index contributed by atoms with van der Waals surface area (Å²) in [5.41, 5.74) is -1.12. The second kappa shape index (κ2) is 7.98. The van der Waals surface area contributed by atoms with Gasteiger partial charge in [0.25, 0.3) is 0 Å². The van der Waals surface area contributed by atoms with Crippen molar-refractivity contribution in [1.82, 2.24) is 4.72 Å². The number of rotatable bonds is 7. The lowest BCUT2D eigenvalue weighted by atomic mass is 10.2. The molecule has 0 aromatic heterocycles. The van der Waals surface area contributed by atoms with E-state index in [1.54, 1.807) is 6.92 Å².